The minimum atomic E-state index is -4.47. The van der Waals surface area contributed by atoms with E-state index in [1.807, 2.05) is 31.2 Å². The highest BCUT2D eigenvalue weighted by atomic mass is 19.4. The molecule has 0 atom stereocenters. The molecule has 1 aromatic heterocycles. The van der Waals surface area contributed by atoms with Crippen LogP contribution in [0.1, 0.15) is 11.1 Å². The van der Waals surface area contributed by atoms with E-state index in [-0.39, 0.29) is 5.52 Å². The van der Waals surface area contributed by atoms with E-state index in [4.69, 9.17) is 4.74 Å². The second kappa shape index (κ2) is 5.57. The molecule has 0 aliphatic carbocycles. The number of hydrogen-bond acceptors (Lipinski definition) is 2. The van der Waals surface area contributed by atoms with Crippen LogP contribution in [0.4, 0.5) is 13.2 Å². The van der Waals surface area contributed by atoms with Gasteiger partial charge in [-0.1, -0.05) is 35.9 Å². The van der Waals surface area contributed by atoms with Gasteiger partial charge < -0.3 is 4.74 Å². The molecule has 118 valence electrons. The fourth-order valence-electron chi connectivity index (χ4n) is 2.49. The average Bonchev–Trinajstić information content (AvgIpc) is 2.53. The van der Waals surface area contributed by atoms with Gasteiger partial charge in [-0.2, -0.15) is 13.2 Å². The maximum atomic E-state index is 13.3. The van der Waals surface area contributed by atoms with Gasteiger partial charge in [0.25, 0.3) is 0 Å². The summed E-state index contributed by atoms with van der Waals surface area (Å²) in [7, 11) is 1.44. The number of halogens is 3. The Morgan fingerprint density at radius 1 is 1.00 bits per heavy atom. The summed E-state index contributed by atoms with van der Waals surface area (Å²) in [6.07, 6.45) is -4.47. The number of methoxy groups -OCH3 is 1. The molecule has 23 heavy (non-hydrogen) atoms. The highest BCUT2D eigenvalue weighted by molar-refractivity contribution is 5.90. The van der Waals surface area contributed by atoms with Gasteiger partial charge in [0.05, 0.1) is 23.9 Å². The third-order valence-corrected chi connectivity index (χ3v) is 3.67. The lowest BCUT2D eigenvalue weighted by molar-refractivity contribution is -0.136. The first-order valence-corrected chi connectivity index (χ1v) is 7.02. The standard InChI is InChI=1S/C18H14F3NO/c1-11-6-8-12(9-7-11)15-10-16(23-2)13-4-3-5-14(17(13)22-15)18(19,20)21/h3-10H,1-2H3. The zero-order valence-electron chi connectivity index (χ0n) is 12.6. The maximum absolute atomic E-state index is 13.3. The summed E-state index contributed by atoms with van der Waals surface area (Å²) in [5.41, 5.74) is 1.40. The molecule has 0 unspecified atom stereocenters. The molecule has 0 spiro atoms. The van der Waals surface area contributed by atoms with Crippen LogP contribution in [0.15, 0.2) is 48.5 Å². The van der Waals surface area contributed by atoms with Gasteiger partial charge in [-0.15, -0.1) is 0 Å². The van der Waals surface area contributed by atoms with E-state index >= 15 is 0 Å². The summed E-state index contributed by atoms with van der Waals surface area (Å²) in [4.78, 5) is 4.25. The summed E-state index contributed by atoms with van der Waals surface area (Å²) in [6.45, 7) is 1.94. The third kappa shape index (κ3) is 2.86. The van der Waals surface area contributed by atoms with Crippen molar-refractivity contribution in [3.05, 3.63) is 59.7 Å². The Bertz CT molecular complexity index is 855. The van der Waals surface area contributed by atoms with Crippen molar-refractivity contribution in [2.45, 2.75) is 13.1 Å². The number of para-hydroxylation sites is 1. The molecule has 0 fully saturated rings. The van der Waals surface area contributed by atoms with E-state index in [0.29, 0.717) is 16.8 Å². The Morgan fingerprint density at radius 2 is 1.70 bits per heavy atom. The second-order valence-electron chi connectivity index (χ2n) is 5.28. The van der Waals surface area contributed by atoms with Gasteiger partial charge >= 0.3 is 6.18 Å². The van der Waals surface area contributed by atoms with Crippen LogP contribution in [0.3, 0.4) is 0 Å². The molecule has 0 saturated heterocycles. The van der Waals surface area contributed by atoms with E-state index in [1.165, 1.54) is 13.2 Å². The lowest BCUT2D eigenvalue weighted by Crippen LogP contribution is -2.07. The summed E-state index contributed by atoms with van der Waals surface area (Å²) in [5.74, 6) is 0.372. The molecule has 0 N–H and O–H groups in total. The summed E-state index contributed by atoms with van der Waals surface area (Å²) >= 11 is 0. The van der Waals surface area contributed by atoms with Crippen LogP contribution in [0.5, 0.6) is 5.75 Å². The van der Waals surface area contributed by atoms with Gasteiger partial charge in [0.15, 0.2) is 0 Å². The SMILES string of the molecule is COc1cc(-c2ccc(C)cc2)nc2c(C(F)(F)F)cccc12. The van der Waals surface area contributed by atoms with Crippen LogP contribution >= 0.6 is 0 Å². The highest BCUT2D eigenvalue weighted by Gasteiger charge is 2.33. The molecule has 0 amide bonds. The van der Waals surface area contributed by atoms with Crippen LogP contribution < -0.4 is 4.74 Å². The van der Waals surface area contributed by atoms with Crippen molar-refractivity contribution < 1.29 is 17.9 Å². The number of nitrogens with zero attached hydrogens (tertiary/aromatic N) is 1. The number of ether oxygens (including phenoxy) is 1. The summed E-state index contributed by atoms with van der Waals surface area (Å²) in [5, 5.41) is 0.346. The predicted octanol–water partition coefficient (Wildman–Crippen LogP) is 5.24. The van der Waals surface area contributed by atoms with Crippen molar-refractivity contribution in [3.8, 4) is 17.0 Å². The Hall–Kier alpha value is -2.56. The fourth-order valence-corrected chi connectivity index (χ4v) is 2.49. The molecule has 0 saturated carbocycles. The number of fused-ring (bicyclic) bond motifs is 1. The zero-order chi connectivity index (χ0) is 16.6. The van der Waals surface area contributed by atoms with Crippen molar-refractivity contribution in [1.29, 1.82) is 0 Å². The molecular weight excluding hydrogens is 303 g/mol. The van der Waals surface area contributed by atoms with Gasteiger partial charge in [-0.05, 0) is 19.1 Å². The van der Waals surface area contributed by atoms with Crippen LogP contribution in [0.25, 0.3) is 22.2 Å². The lowest BCUT2D eigenvalue weighted by atomic mass is 10.0. The molecule has 0 aliphatic heterocycles. The Balaban J connectivity index is 2.31. The molecule has 5 heteroatoms. The number of alkyl halides is 3. The Labute approximate surface area is 131 Å². The highest BCUT2D eigenvalue weighted by Crippen LogP contribution is 2.38. The van der Waals surface area contributed by atoms with Crippen molar-refractivity contribution in [3.63, 3.8) is 0 Å². The topological polar surface area (TPSA) is 22.1 Å². The molecule has 1 heterocycles. The third-order valence-electron chi connectivity index (χ3n) is 3.67. The van der Waals surface area contributed by atoms with E-state index in [2.05, 4.69) is 4.98 Å². The number of rotatable bonds is 2. The molecule has 0 radical (unpaired) electrons. The average molecular weight is 317 g/mol. The fraction of sp³-hybridized carbons (Fsp3) is 0.167. The van der Waals surface area contributed by atoms with Crippen molar-refractivity contribution in [2.24, 2.45) is 0 Å². The first-order chi connectivity index (χ1) is 10.9. The number of hydrogen-bond donors (Lipinski definition) is 0. The number of pyridine rings is 1. The van der Waals surface area contributed by atoms with E-state index in [9.17, 15) is 13.2 Å². The van der Waals surface area contributed by atoms with Gasteiger partial charge in [0.1, 0.15) is 5.75 Å². The number of benzene rings is 2. The van der Waals surface area contributed by atoms with Crippen molar-refractivity contribution >= 4 is 10.9 Å². The van der Waals surface area contributed by atoms with Gasteiger partial charge in [-0.3, -0.25) is 0 Å². The second-order valence-corrected chi connectivity index (χ2v) is 5.28. The largest absolute Gasteiger partial charge is 0.496 e. The van der Waals surface area contributed by atoms with Crippen LogP contribution in [-0.4, -0.2) is 12.1 Å². The summed E-state index contributed by atoms with van der Waals surface area (Å²) in [6, 6.07) is 13.1. The molecule has 2 nitrogen and oxygen atoms in total. The first-order valence-electron chi connectivity index (χ1n) is 7.02. The summed E-state index contributed by atoms with van der Waals surface area (Å²) < 4.78 is 45.1. The van der Waals surface area contributed by atoms with Crippen molar-refractivity contribution in [1.82, 2.24) is 4.98 Å². The maximum Gasteiger partial charge on any atom is 0.418 e. The lowest BCUT2D eigenvalue weighted by Gasteiger charge is -2.13. The molecule has 0 aliphatic rings. The minimum absolute atomic E-state index is 0.102. The van der Waals surface area contributed by atoms with Crippen LogP contribution in [-0.2, 0) is 6.18 Å². The Morgan fingerprint density at radius 3 is 2.30 bits per heavy atom. The van der Waals surface area contributed by atoms with Crippen LogP contribution in [0.2, 0.25) is 0 Å². The van der Waals surface area contributed by atoms with Gasteiger partial charge in [-0.25, -0.2) is 4.98 Å². The van der Waals surface area contributed by atoms with E-state index in [0.717, 1.165) is 17.2 Å². The minimum Gasteiger partial charge on any atom is -0.496 e. The Kier molecular flexibility index (Phi) is 3.72. The molecular formula is C18H14F3NO. The number of aryl methyl sites for hydroxylation is 1. The molecule has 0 bridgehead atoms. The normalized spacial score (nSPS) is 11.7. The van der Waals surface area contributed by atoms with E-state index in [1.54, 1.807) is 12.1 Å². The van der Waals surface area contributed by atoms with Crippen molar-refractivity contribution in [2.75, 3.05) is 7.11 Å². The van der Waals surface area contributed by atoms with Gasteiger partial charge in [0, 0.05) is 17.0 Å². The zero-order valence-corrected chi connectivity index (χ0v) is 12.6. The predicted molar refractivity (Wildman–Crippen MR) is 83.5 cm³/mol. The monoisotopic (exact) mass is 317 g/mol. The first kappa shape index (κ1) is 15.3. The van der Waals surface area contributed by atoms with Gasteiger partial charge in [0.2, 0.25) is 0 Å². The van der Waals surface area contributed by atoms with E-state index < -0.39 is 11.7 Å². The number of aromatic nitrogens is 1. The molecule has 2 aromatic carbocycles. The molecule has 3 aromatic rings. The van der Waals surface area contributed by atoms with Crippen LogP contribution in [0, 0.1) is 6.92 Å². The quantitative estimate of drug-likeness (QED) is 0.645. The molecule has 3 rings (SSSR count). The smallest absolute Gasteiger partial charge is 0.418 e.